The number of likely N-dealkylation sites (N-methyl/N-ethyl adjacent to an activating group) is 1. The van der Waals surface area contributed by atoms with Crippen LogP contribution in [0.25, 0.3) is 0 Å². The quantitative estimate of drug-likeness (QED) is 0.490. The van der Waals surface area contributed by atoms with E-state index in [1.807, 2.05) is 0 Å². The number of rotatable bonds is 8. The fraction of sp³-hybridized carbons (Fsp3) is 0.467. The van der Waals surface area contributed by atoms with Crippen molar-refractivity contribution in [3.05, 3.63) is 24.3 Å². The van der Waals surface area contributed by atoms with Gasteiger partial charge in [0.15, 0.2) is 5.11 Å². The fourth-order valence-electron chi connectivity index (χ4n) is 1.80. The van der Waals surface area contributed by atoms with Gasteiger partial charge in [-0.1, -0.05) is 6.07 Å². The molecule has 0 saturated carbocycles. The van der Waals surface area contributed by atoms with Gasteiger partial charge in [-0.3, -0.25) is 4.79 Å². The number of ether oxygens (including phenoxy) is 1. The summed E-state index contributed by atoms with van der Waals surface area (Å²) in [6.45, 7) is 0.935. The number of anilines is 1. The highest BCUT2D eigenvalue weighted by Gasteiger charge is 2.17. The van der Waals surface area contributed by atoms with E-state index in [0.717, 1.165) is 4.31 Å². The van der Waals surface area contributed by atoms with Gasteiger partial charge in [0, 0.05) is 40.5 Å². The Balaban J connectivity index is 2.69. The van der Waals surface area contributed by atoms with Crippen LogP contribution in [-0.4, -0.2) is 76.6 Å². The van der Waals surface area contributed by atoms with Gasteiger partial charge < -0.3 is 20.3 Å². The normalized spacial score (nSPS) is 11.2. The van der Waals surface area contributed by atoms with Crippen LogP contribution in [0.3, 0.4) is 0 Å². The molecule has 8 nitrogen and oxygen atoms in total. The average molecular weight is 389 g/mol. The highest BCUT2D eigenvalue weighted by atomic mass is 32.2. The van der Waals surface area contributed by atoms with Gasteiger partial charge in [-0.05, 0) is 30.4 Å². The van der Waals surface area contributed by atoms with Crippen molar-refractivity contribution in [3.63, 3.8) is 0 Å². The van der Waals surface area contributed by atoms with Gasteiger partial charge >= 0.3 is 0 Å². The lowest BCUT2D eigenvalue weighted by Gasteiger charge is -2.21. The fourth-order valence-corrected chi connectivity index (χ4v) is 2.93. The van der Waals surface area contributed by atoms with Crippen LogP contribution in [0.4, 0.5) is 5.69 Å². The molecule has 0 aromatic heterocycles. The van der Waals surface area contributed by atoms with Crippen molar-refractivity contribution in [1.82, 2.24) is 14.5 Å². The van der Waals surface area contributed by atoms with Crippen molar-refractivity contribution >= 4 is 38.9 Å². The molecule has 0 unspecified atom stereocenters. The Morgan fingerprint density at radius 3 is 2.56 bits per heavy atom. The topological polar surface area (TPSA) is 91.0 Å². The highest BCUT2D eigenvalue weighted by Crippen LogP contribution is 2.18. The van der Waals surface area contributed by atoms with Crippen molar-refractivity contribution in [2.24, 2.45) is 0 Å². The minimum Gasteiger partial charge on any atom is -0.383 e. The van der Waals surface area contributed by atoms with Crippen molar-refractivity contribution < 1.29 is 17.9 Å². The number of nitrogens with one attached hydrogen (secondary N) is 2. The molecule has 1 rings (SSSR count). The van der Waals surface area contributed by atoms with Gasteiger partial charge in [0.25, 0.3) is 0 Å². The van der Waals surface area contributed by atoms with Crippen LogP contribution in [0.1, 0.15) is 0 Å². The molecule has 2 N–H and O–H groups in total. The van der Waals surface area contributed by atoms with Gasteiger partial charge in [-0.2, -0.15) is 0 Å². The Morgan fingerprint density at radius 2 is 1.96 bits per heavy atom. The van der Waals surface area contributed by atoms with E-state index in [4.69, 9.17) is 17.0 Å². The van der Waals surface area contributed by atoms with Gasteiger partial charge in [-0.15, -0.1) is 0 Å². The molecule has 25 heavy (non-hydrogen) atoms. The Morgan fingerprint density at radius 1 is 1.28 bits per heavy atom. The zero-order valence-electron chi connectivity index (χ0n) is 14.8. The molecule has 1 aromatic rings. The van der Waals surface area contributed by atoms with Crippen LogP contribution in [0.2, 0.25) is 0 Å². The molecular weight excluding hydrogens is 364 g/mol. The molecule has 0 atom stereocenters. The Kier molecular flexibility index (Phi) is 8.23. The zero-order valence-corrected chi connectivity index (χ0v) is 16.4. The largest absolute Gasteiger partial charge is 0.383 e. The molecule has 0 radical (unpaired) electrons. The van der Waals surface area contributed by atoms with E-state index in [9.17, 15) is 13.2 Å². The predicted octanol–water partition coefficient (Wildman–Crippen LogP) is 0.328. The Labute approximate surface area is 154 Å². The maximum atomic E-state index is 12.2. The zero-order chi connectivity index (χ0) is 19.0. The van der Waals surface area contributed by atoms with E-state index in [-0.39, 0.29) is 17.3 Å². The van der Waals surface area contributed by atoms with Crippen LogP contribution < -0.4 is 10.6 Å². The lowest BCUT2D eigenvalue weighted by molar-refractivity contribution is -0.121. The lowest BCUT2D eigenvalue weighted by atomic mass is 10.3. The molecule has 0 bridgehead atoms. The minimum atomic E-state index is -3.53. The molecule has 0 aliphatic rings. The summed E-state index contributed by atoms with van der Waals surface area (Å²) in [5, 5.41) is 5.94. The van der Waals surface area contributed by atoms with Gasteiger partial charge in [0.05, 0.1) is 18.0 Å². The van der Waals surface area contributed by atoms with Crippen LogP contribution in [-0.2, 0) is 19.6 Å². The summed E-state index contributed by atoms with van der Waals surface area (Å²) in [6, 6.07) is 6.33. The molecular formula is C15H24N4O4S2. The third-order valence-electron chi connectivity index (χ3n) is 3.22. The molecule has 0 spiro atoms. The van der Waals surface area contributed by atoms with Crippen molar-refractivity contribution in [2.45, 2.75) is 4.90 Å². The number of benzene rings is 1. The van der Waals surface area contributed by atoms with Crippen LogP contribution in [0.5, 0.6) is 0 Å². The first-order chi connectivity index (χ1) is 11.7. The Bertz CT molecular complexity index is 707. The second kappa shape index (κ2) is 9.66. The second-order valence-electron chi connectivity index (χ2n) is 5.44. The minimum absolute atomic E-state index is 0.0746. The SMILES string of the molecule is COCCNC(=O)CN(C)C(=S)Nc1cccc(S(=O)(=O)N(C)C)c1. The molecule has 0 fully saturated rings. The summed E-state index contributed by atoms with van der Waals surface area (Å²) >= 11 is 5.25. The van der Waals surface area contributed by atoms with Crippen molar-refractivity contribution in [2.75, 3.05) is 53.3 Å². The van der Waals surface area contributed by atoms with Crippen LogP contribution in [0.15, 0.2) is 29.2 Å². The van der Waals surface area contributed by atoms with Gasteiger partial charge in [-0.25, -0.2) is 12.7 Å². The maximum absolute atomic E-state index is 12.2. The molecule has 1 aromatic carbocycles. The summed E-state index contributed by atoms with van der Waals surface area (Å²) in [4.78, 5) is 13.5. The number of sulfonamides is 1. The molecule has 0 saturated heterocycles. The molecule has 1 amide bonds. The summed E-state index contributed by atoms with van der Waals surface area (Å²) < 4.78 is 30.3. The van der Waals surface area contributed by atoms with Gasteiger partial charge in [0.2, 0.25) is 15.9 Å². The number of hydrogen-bond acceptors (Lipinski definition) is 5. The third-order valence-corrected chi connectivity index (χ3v) is 5.44. The average Bonchev–Trinajstić information content (AvgIpc) is 2.55. The summed E-state index contributed by atoms with van der Waals surface area (Å²) in [5.41, 5.74) is 0.527. The molecule has 0 aliphatic carbocycles. The van der Waals surface area contributed by atoms with Crippen molar-refractivity contribution in [3.8, 4) is 0 Å². The summed E-state index contributed by atoms with van der Waals surface area (Å²) in [6.07, 6.45) is 0. The number of methoxy groups -OCH3 is 1. The molecule has 0 heterocycles. The van der Waals surface area contributed by atoms with Crippen LogP contribution in [0, 0.1) is 0 Å². The third kappa shape index (κ3) is 6.58. The first-order valence-corrected chi connectivity index (χ1v) is 9.33. The molecule has 140 valence electrons. The van der Waals surface area contributed by atoms with E-state index in [0.29, 0.717) is 24.0 Å². The first-order valence-electron chi connectivity index (χ1n) is 7.49. The van der Waals surface area contributed by atoms with E-state index < -0.39 is 10.0 Å². The van der Waals surface area contributed by atoms with Crippen LogP contribution >= 0.6 is 12.2 Å². The summed E-state index contributed by atoms with van der Waals surface area (Å²) in [7, 11) is 2.64. The summed E-state index contributed by atoms with van der Waals surface area (Å²) in [5.74, 6) is -0.187. The number of carbonyl (C=O) groups is 1. The van der Waals surface area contributed by atoms with Gasteiger partial charge in [0.1, 0.15) is 0 Å². The number of thiocarbonyl (C=S) groups is 1. The standard InChI is InChI=1S/C15H24N4O4S2/c1-18(2)25(21,22)13-7-5-6-12(10-13)17-15(24)19(3)11-14(20)16-8-9-23-4/h5-7,10H,8-9,11H2,1-4H3,(H,16,20)(H,17,24). The predicted molar refractivity (Wildman–Crippen MR) is 101 cm³/mol. The number of hydrogen-bond donors (Lipinski definition) is 2. The number of amides is 1. The Hall–Kier alpha value is -1.75. The first kappa shape index (κ1) is 21.3. The van der Waals surface area contributed by atoms with E-state index >= 15 is 0 Å². The number of nitrogens with zero attached hydrogens (tertiary/aromatic N) is 2. The number of carbonyl (C=O) groups excluding carboxylic acids is 1. The molecule has 10 heteroatoms. The van der Waals surface area contributed by atoms with Crippen molar-refractivity contribution in [1.29, 1.82) is 0 Å². The highest BCUT2D eigenvalue weighted by molar-refractivity contribution is 7.89. The lowest BCUT2D eigenvalue weighted by Crippen LogP contribution is -2.41. The van der Waals surface area contributed by atoms with E-state index in [2.05, 4.69) is 10.6 Å². The maximum Gasteiger partial charge on any atom is 0.242 e. The monoisotopic (exact) mass is 388 g/mol. The van der Waals surface area contributed by atoms with E-state index in [1.165, 1.54) is 26.2 Å². The molecule has 0 aliphatic heterocycles. The smallest absolute Gasteiger partial charge is 0.242 e. The second-order valence-corrected chi connectivity index (χ2v) is 7.98. The van der Waals surface area contributed by atoms with E-state index in [1.54, 1.807) is 31.2 Å².